The van der Waals surface area contributed by atoms with Gasteiger partial charge in [0.15, 0.2) is 0 Å². The molecule has 1 aliphatic rings. The van der Waals surface area contributed by atoms with E-state index in [1.807, 2.05) is 0 Å². The molecule has 0 radical (unpaired) electrons. The quantitative estimate of drug-likeness (QED) is 0.914. The number of rotatable bonds is 3. The van der Waals surface area contributed by atoms with Crippen LogP contribution in [0.2, 0.25) is 0 Å². The van der Waals surface area contributed by atoms with Gasteiger partial charge in [-0.25, -0.2) is 9.37 Å². The van der Waals surface area contributed by atoms with Crippen molar-refractivity contribution >= 4 is 17.2 Å². The van der Waals surface area contributed by atoms with Crippen molar-refractivity contribution in [1.29, 1.82) is 0 Å². The Balaban J connectivity index is 1.70. The minimum Gasteiger partial charge on any atom is -0.346 e. The van der Waals surface area contributed by atoms with Crippen molar-refractivity contribution in [2.75, 3.05) is 13.1 Å². The summed E-state index contributed by atoms with van der Waals surface area (Å²) in [6, 6.07) is 6.26. The predicted molar refractivity (Wildman–Crippen MR) is 85.4 cm³/mol. The van der Waals surface area contributed by atoms with Crippen LogP contribution in [-0.2, 0) is 0 Å². The molecule has 0 saturated carbocycles. The summed E-state index contributed by atoms with van der Waals surface area (Å²) in [4.78, 5) is 16.7. The number of nitrogens with one attached hydrogen (secondary N) is 2. The molecule has 2 unspecified atom stereocenters. The molecule has 2 N–H and O–H groups in total. The molecule has 1 fully saturated rings. The van der Waals surface area contributed by atoms with Gasteiger partial charge in [0, 0.05) is 23.5 Å². The van der Waals surface area contributed by atoms with Gasteiger partial charge in [0.05, 0.1) is 0 Å². The molecule has 0 bridgehead atoms. The number of halogens is 1. The third-order valence-electron chi connectivity index (χ3n) is 3.97. The SMILES string of the molecule is CC1CCNCC1NC(=O)c1csc(-c2ccc(F)cc2)n1. The molecule has 1 aliphatic heterocycles. The molecular weight excluding hydrogens is 301 g/mol. The molecule has 0 aliphatic carbocycles. The van der Waals surface area contributed by atoms with E-state index in [0.29, 0.717) is 11.6 Å². The number of carbonyl (C=O) groups is 1. The number of amides is 1. The van der Waals surface area contributed by atoms with E-state index >= 15 is 0 Å². The second-order valence-electron chi connectivity index (χ2n) is 5.59. The Labute approximate surface area is 132 Å². The molecule has 3 rings (SSSR count). The third-order valence-corrected chi connectivity index (χ3v) is 4.86. The predicted octanol–water partition coefficient (Wildman–Crippen LogP) is 2.68. The van der Waals surface area contributed by atoms with E-state index in [4.69, 9.17) is 0 Å². The van der Waals surface area contributed by atoms with Crippen LogP contribution in [0.25, 0.3) is 10.6 Å². The van der Waals surface area contributed by atoms with E-state index in [0.717, 1.165) is 30.1 Å². The number of carbonyl (C=O) groups excluding carboxylic acids is 1. The number of hydrogen-bond donors (Lipinski definition) is 2. The summed E-state index contributed by atoms with van der Waals surface area (Å²) >= 11 is 1.39. The largest absolute Gasteiger partial charge is 0.346 e. The first-order chi connectivity index (χ1) is 10.6. The number of aromatic nitrogens is 1. The summed E-state index contributed by atoms with van der Waals surface area (Å²) in [6.45, 7) is 3.94. The van der Waals surface area contributed by atoms with Crippen molar-refractivity contribution in [3.8, 4) is 10.6 Å². The van der Waals surface area contributed by atoms with Crippen molar-refractivity contribution in [3.63, 3.8) is 0 Å². The number of thiazole rings is 1. The van der Waals surface area contributed by atoms with Gasteiger partial charge in [-0.2, -0.15) is 0 Å². The maximum Gasteiger partial charge on any atom is 0.271 e. The molecule has 4 nitrogen and oxygen atoms in total. The Morgan fingerprint density at radius 2 is 2.18 bits per heavy atom. The van der Waals surface area contributed by atoms with Gasteiger partial charge in [-0.05, 0) is 43.1 Å². The lowest BCUT2D eigenvalue weighted by atomic mass is 9.95. The lowest BCUT2D eigenvalue weighted by molar-refractivity contribution is 0.0911. The average Bonchev–Trinajstić information content (AvgIpc) is 3.00. The van der Waals surface area contributed by atoms with E-state index in [2.05, 4.69) is 22.5 Å². The van der Waals surface area contributed by atoms with E-state index < -0.39 is 0 Å². The first-order valence-corrected chi connectivity index (χ1v) is 8.24. The van der Waals surface area contributed by atoms with Gasteiger partial charge in [0.2, 0.25) is 0 Å². The monoisotopic (exact) mass is 319 g/mol. The van der Waals surface area contributed by atoms with Gasteiger partial charge in [-0.1, -0.05) is 6.92 Å². The molecule has 22 heavy (non-hydrogen) atoms. The van der Waals surface area contributed by atoms with Gasteiger partial charge in [0.25, 0.3) is 5.91 Å². The first kappa shape index (κ1) is 15.1. The van der Waals surface area contributed by atoms with Crippen molar-refractivity contribution in [2.24, 2.45) is 5.92 Å². The Bertz CT molecular complexity index is 656. The number of benzene rings is 1. The van der Waals surface area contributed by atoms with E-state index in [1.54, 1.807) is 17.5 Å². The maximum atomic E-state index is 12.9. The molecule has 2 atom stereocenters. The van der Waals surface area contributed by atoms with Crippen molar-refractivity contribution < 1.29 is 9.18 Å². The lowest BCUT2D eigenvalue weighted by Gasteiger charge is -2.29. The van der Waals surface area contributed by atoms with Crippen LogP contribution in [0.3, 0.4) is 0 Å². The molecule has 1 saturated heterocycles. The fourth-order valence-electron chi connectivity index (χ4n) is 2.53. The zero-order valence-corrected chi connectivity index (χ0v) is 13.1. The van der Waals surface area contributed by atoms with Crippen molar-refractivity contribution in [2.45, 2.75) is 19.4 Å². The Morgan fingerprint density at radius 1 is 1.41 bits per heavy atom. The van der Waals surface area contributed by atoms with Crippen molar-refractivity contribution in [1.82, 2.24) is 15.6 Å². The number of piperidine rings is 1. The zero-order chi connectivity index (χ0) is 15.5. The number of nitrogens with zero attached hydrogens (tertiary/aromatic N) is 1. The van der Waals surface area contributed by atoms with Crippen LogP contribution in [0, 0.1) is 11.7 Å². The molecule has 0 spiro atoms. The Morgan fingerprint density at radius 3 is 2.91 bits per heavy atom. The minimum atomic E-state index is -0.281. The molecule has 2 aromatic rings. The van der Waals surface area contributed by atoms with E-state index in [-0.39, 0.29) is 17.8 Å². The molecule has 1 amide bonds. The fourth-order valence-corrected chi connectivity index (χ4v) is 3.33. The van der Waals surface area contributed by atoms with E-state index in [1.165, 1.54) is 23.5 Å². The highest BCUT2D eigenvalue weighted by atomic mass is 32.1. The molecule has 1 aromatic heterocycles. The minimum absolute atomic E-state index is 0.136. The Hall–Kier alpha value is -1.79. The molecule has 1 aromatic carbocycles. The normalized spacial score (nSPS) is 21.5. The average molecular weight is 319 g/mol. The van der Waals surface area contributed by atoms with Crippen LogP contribution in [0.5, 0.6) is 0 Å². The van der Waals surface area contributed by atoms with Crippen LogP contribution in [0.1, 0.15) is 23.8 Å². The Kier molecular flexibility index (Phi) is 4.49. The summed E-state index contributed by atoms with van der Waals surface area (Å²) < 4.78 is 12.9. The zero-order valence-electron chi connectivity index (χ0n) is 12.3. The van der Waals surface area contributed by atoms with Crippen LogP contribution < -0.4 is 10.6 Å². The van der Waals surface area contributed by atoms with Gasteiger partial charge < -0.3 is 10.6 Å². The standard InChI is InChI=1S/C16H18FN3OS/c1-10-6-7-18-8-13(10)19-15(21)14-9-22-16(20-14)11-2-4-12(17)5-3-11/h2-5,9-10,13,18H,6-8H2,1H3,(H,19,21). The van der Waals surface area contributed by atoms with Crippen LogP contribution in [0.15, 0.2) is 29.6 Å². The third kappa shape index (κ3) is 3.34. The van der Waals surface area contributed by atoms with Crippen LogP contribution >= 0.6 is 11.3 Å². The van der Waals surface area contributed by atoms with Crippen LogP contribution in [-0.4, -0.2) is 30.0 Å². The summed E-state index contributed by atoms with van der Waals surface area (Å²) in [5.74, 6) is 0.0302. The highest BCUT2D eigenvalue weighted by molar-refractivity contribution is 7.13. The molecule has 116 valence electrons. The summed E-state index contributed by atoms with van der Waals surface area (Å²) in [7, 11) is 0. The molecular formula is C16H18FN3OS. The lowest BCUT2D eigenvalue weighted by Crippen LogP contribution is -2.50. The maximum absolute atomic E-state index is 12.9. The summed E-state index contributed by atoms with van der Waals surface area (Å²) in [5, 5.41) is 8.80. The highest BCUT2D eigenvalue weighted by Crippen LogP contribution is 2.24. The van der Waals surface area contributed by atoms with Crippen molar-refractivity contribution in [3.05, 3.63) is 41.2 Å². The fraction of sp³-hybridized carbons (Fsp3) is 0.375. The second-order valence-corrected chi connectivity index (χ2v) is 6.45. The molecule has 2 heterocycles. The summed E-state index contributed by atoms with van der Waals surface area (Å²) in [5.41, 5.74) is 1.24. The topological polar surface area (TPSA) is 54.0 Å². The van der Waals surface area contributed by atoms with Gasteiger partial charge in [0.1, 0.15) is 16.5 Å². The summed E-state index contributed by atoms with van der Waals surface area (Å²) in [6.07, 6.45) is 1.06. The smallest absolute Gasteiger partial charge is 0.271 e. The molecule has 6 heteroatoms. The van der Waals surface area contributed by atoms with E-state index in [9.17, 15) is 9.18 Å². The van der Waals surface area contributed by atoms with Gasteiger partial charge in [-0.15, -0.1) is 11.3 Å². The number of hydrogen-bond acceptors (Lipinski definition) is 4. The first-order valence-electron chi connectivity index (χ1n) is 7.36. The van der Waals surface area contributed by atoms with Gasteiger partial charge >= 0.3 is 0 Å². The van der Waals surface area contributed by atoms with Gasteiger partial charge in [-0.3, -0.25) is 4.79 Å². The van der Waals surface area contributed by atoms with Crippen LogP contribution in [0.4, 0.5) is 4.39 Å². The highest BCUT2D eigenvalue weighted by Gasteiger charge is 2.24. The second kappa shape index (κ2) is 6.54.